The number of amides is 1. The third kappa shape index (κ3) is 6.93. The number of aldehydes is 1. The van der Waals surface area contributed by atoms with E-state index in [1.54, 1.807) is 13.1 Å². The summed E-state index contributed by atoms with van der Waals surface area (Å²) < 4.78 is 29.4. The fraction of sp³-hybridized carbons (Fsp3) is 0.562. The van der Waals surface area contributed by atoms with Gasteiger partial charge in [0, 0.05) is 43.7 Å². The zero-order chi connectivity index (χ0) is 30.8. The molecule has 2 aliphatic rings. The second-order valence-electron chi connectivity index (χ2n) is 13.0. The van der Waals surface area contributed by atoms with Crippen LogP contribution in [0.25, 0.3) is 0 Å². The summed E-state index contributed by atoms with van der Waals surface area (Å²) in [7, 11) is 1.67. The van der Waals surface area contributed by atoms with Gasteiger partial charge in [0.1, 0.15) is 17.9 Å². The molecule has 6 nitrogen and oxygen atoms in total. The zero-order valence-electron chi connectivity index (χ0n) is 24.6. The van der Waals surface area contributed by atoms with E-state index in [1.807, 2.05) is 0 Å². The van der Waals surface area contributed by atoms with E-state index in [9.17, 15) is 19.1 Å². The molecule has 1 aliphatic carbocycles. The van der Waals surface area contributed by atoms with Crippen LogP contribution in [-0.2, 0) is 15.0 Å². The van der Waals surface area contributed by atoms with Gasteiger partial charge < -0.3 is 25.9 Å². The highest BCUT2D eigenvalue weighted by Gasteiger charge is 2.58. The Morgan fingerprint density at radius 1 is 1.14 bits per heavy atom. The number of nitrogens with one attached hydrogen (secondary N) is 3. The van der Waals surface area contributed by atoms with Gasteiger partial charge in [0.25, 0.3) is 0 Å². The van der Waals surface area contributed by atoms with Crippen LogP contribution >= 0.6 is 23.2 Å². The minimum Gasteiger partial charge on any atom is -0.393 e. The Labute approximate surface area is 256 Å². The maximum Gasteiger partial charge on any atom is 0.221 e. The lowest BCUT2D eigenvalue weighted by atomic mass is 9.62. The monoisotopic (exact) mass is 623 g/mol. The second-order valence-corrected chi connectivity index (χ2v) is 13.8. The topological polar surface area (TPSA) is 90.5 Å². The molecule has 230 valence electrons. The SMILES string of the molecule is CNc1cc(Cl)c(F)cc1[C@]1(C=O)[C@@H](CC(C)(C)C)N[C@@H](CC(=O)NCC[C@H]2CC[C@H](O)C2)[C@@H]1c1ccc(F)c(Cl)c1. The molecule has 1 saturated carbocycles. The van der Waals surface area contributed by atoms with Gasteiger partial charge in [-0.15, -0.1) is 0 Å². The van der Waals surface area contributed by atoms with Crippen LogP contribution in [0.15, 0.2) is 30.3 Å². The molecule has 1 amide bonds. The van der Waals surface area contributed by atoms with Gasteiger partial charge in [-0.25, -0.2) is 8.78 Å². The lowest BCUT2D eigenvalue weighted by molar-refractivity contribution is -0.122. The smallest absolute Gasteiger partial charge is 0.221 e. The van der Waals surface area contributed by atoms with Crippen molar-refractivity contribution in [3.63, 3.8) is 0 Å². The summed E-state index contributed by atoms with van der Waals surface area (Å²) in [5, 5.41) is 19.3. The number of halogens is 4. The Morgan fingerprint density at radius 3 is 2.45 bits per heavy atom. The van der Waals surface area contributed by atoms with E-state index in [2.05, 4.69) is 36.7 Å². The van der Waals surface area contributed by atoms with E-state index < -0.39 is 35.1 Å². The normalized spacial score (nSPS) is 27.7. The summed E-state index contributed by atoms with van der Waals surface area (Å²) in [6.07, 6.45) is 4.37. The summed E-state index contributed by atoms with van der Waals surface area (Å²) in [5.74, 6) is -1.79. The number of carbonyl (C=O) groups is 2. The average molecular weight is 625 g/mol. The van der Waals surface area contributed by atoms with Crippen molar-refractivity contribution in [2.24, 2.45) is 11.3 Å². The molecule has 1 saturated heterocycles. The Balaban J connectivity index is 1.78. The molecule has 4 N–H and O–H groups in total. The highest BCUT2D eigenvalue weighted by Crippen LogP contribution is 2.53. The number of benzene rings is 2. The standard InChI is InChI=1S/C32H41Cl2F2N3O3/c1-31(2,3)16-28-32(17-40,21-13-25(36)23(34)14-26(21)37-4)30(19-6-8-24(35)22(33)12-19)27(39-28)15-29(42)38-10-9-18-5-7-20(41)11-18/h6,8,12-14,17-18,20,27-28,30,37,39,41H,5,7,9-11,15-16H2,1-4H3,(H,38,42)/t18-,20+,27+,28-,30+,32-/m1/s1. The maximum atomic E-state index is 15.1. The van der Waals surface area contributed by atoms with Gasteiger partial charge in [-0.1, -0.05) is 50.0 Å². The highest BCUT2D eigenvalue weighted by molar-refractivity contribution is 6.31. The average Bonchev–Trinajstić information content (AvgIpc) is 3.46. The van der Waals surface area contributed by atoms with Crippen molar-refractivity contribution in [2.75, 3.05) is 18.9 Å². The van der Waals surface area contributed by atoms with Gasteiger partial charge in [0.15, 0.2) is 0 Å². The summed E-state index contributed by atoms with van der Waals surface area (Å²) >= 11 is 12.4. The van der Waals surface area contributed by atoms with Gasteiger partial charge in [0.2, 0.25) is 5.91 Å². The molecule has 0 radical (unpaired) electrons. The first-order valence-corrected chi connectivity index (χ1v) is 15.3. The molecule has 1 aliphatic heterocycles. The van der Waals surface area contributed by atoms with E-state index in [1.165, 1.54) is 24.3 Å². The number of anilines is 1. The predicted molar refractivity (Wildman–Crippen MR) is 163 cm³/mol. The molecule has 6 atom stereocenters. The van der Waals surface area contributed by atoms with Gasteiger partial charge in [0.05, 0.1) is 21.6 Å². The predicted octanol–water partition coefficient (Wildman–Crippen LogP) is 6.37. The van der Waals surface area contributed by atoms with Gasteiger partial charge in [-0.05, 0) is 78.8 Å². The number of aliphatic hydroxyl groups excluding tert-OH is 1. The molecule has 0 spiro atoms. The summed E-state index contributed by atoms with van der Waals surface area (Å²) in [6.45, 7) is 6.63. The van der Waals surface area contributed by atoms with E-state index >= 15 is 4.39 Å². The van der Waals surface area contributed by atoms with Crippen molar-refractivity contribution >= 4 is 41.1 Å². The van der Waals surface area contributed by atoms with Crippen LogP contribution in [0.1, 0.15) is 76.3 Å². The molecule has 0 unspecified atom stereocenters. The fourth-order valence-electron chi connectivity index (χ4n) is 6.96. The Hall–Kier alpha value is -2.26. The minimum atomic E-state index is -1.36. The number of carbonyl (C=O) groups excluding carboxylic acids is 2. The zero-order valence-corrected chi connectivity index (χ0v) is 26.1. The molecule has 2 aromatic rings. The summed E-state index contributed by atoms with van der Waals surface area (Å²) in [5.41, 5.74) is -0.158. The van der Waals surface area contributed by atoms with Crippen molar-refractivity contribution in [1.82, 2.24) is 10.6 Å². The maximum absolute atomic E-state index is 15.1. The van der Waals surface area contributed by atoms with E-state index in [0.29, 0.717) is 35.7 Å². The molecule has 2 aromatic carbocycles. The first-order chi connectivity index (χ1) is 19.8. The van der Waals surface area contributed by atoms with Crippen LogP contribution in [0.3, 0.4) is 0 Å². The number of rotatable bonds is 10. The minimum absolute atomic E-state index is 0.0359. The number of hydrogen-bond donors (Lipinski definition) is 4. The lowest BCUT2D eigenvalue weighted by Gasteiger charge is -2.39. The molecule has 0 aromatic heterocycles. The Kier molecular flexibility index (Phi) is 10.2. The fourth-order valence-corrected chi connectivity index (χ4v) is 7.31. The van der Waals surface area contributed by atoms with Gasteiger partial charge in [-0.2, -0.15) is 0 Å². The molecule has 4 rings (SSSR count). The quantitative estimate of drug-likeness (QED) is 0.231. The molecule has 2 fully saturated rings. The highest BCUT2D eigenvalue weighted by atomic mass is 35.5. The van der Waals surface area contributed by atoms with Gasteiger partial charge >= 0.3 is 0 Å². The number of hydrogen-bond acceptors (Lipinski definition) is 5. The molecule has 42 heavy (non-hydrogen) atoms. The molecule has 1 heterocycles. The van der Waals surface area contributed by atoms with Crippen LogP contribution in [0.5, 0.6) is 0 Å². The lowest BCUT2D eigenvalue weighted by Crippen LogP contribution is -2.46. The van der Waals surface area contributed by atoms with Crippen LogP contribution in [0.4, 0.5) is 14.5 Å². The number of aliphatic hydroxyl groups is 1. The molecular formula is C32H41Cl2F2N3O3. The van der Waals surface area contributed by atoms with Crippen LogP contribution < -0.4 is 16.0 Å². The van der Waals surface area contributed by atoms with Crippen LogP contribution in [0.2, 0.25) is 10.0 Å². The van der Waals surface area contributed by atoms with Crippen molar-refractivity contribution in [3.05, 3.63) is 63.1 Å². The van der Waals surface area contributed by atoms with Crippen molar-refractivity contribution in [1.29, 1.82) is 0 Å². The van der Waals surface area contributed by atoms with Gasteiger partial charge in [-0.3, -0.25) is 4.79 Å². The largest absolute Gasteiger partial charge is 0.393 e. The Morgan fingerprint density at radius 2 is 1.86 bits per heavy atom. The van der Waals surface area contributed by atoms with Crippen LogP contribution in [-0.4, -0.2) is 49.1 Å². The third-order valence-electron chi connectivity index (χ3n) is 8.81. The Bertz CT molecular complexity index is 1300. The second kappa shape index (κ2) is 13.2. The van der Waals surface area contributed by atoms with Crippen molar-refractivity contribution < 1.29 is 23.5 Å². The molecule has 10 heteroatoms. The molecule has 0 bridgehead atoms. The first kappa shape index (κ1) is 32.6. The summed E-state index contributed by atoms with van der Waals surface area (Å²) in [6, 6.07) is 6.00. The molecular weight excluding hydrogens is 583 g/mol. The van der Waals surface area contributed by atoms with E-state index in [4.69, 9.17) is 23.2 Å². The van der Waals surface area contributed by atoms with Crippen molar-refractivity contribution in [3.8, 4) is 0 Å². The first-order valence-electron chi connectivity index (χ1n) is 14.6. The van der Waals surface area contributed by atoms with Crippen LogP contribution in [0, 0.1) is 23.0 Å². The summed E-state index contributed by atoms with van der Waals surface area (Å²) in [4.78, 5) is 26.9. The van der Waals surface area contributed by atoms with E-state index in [-0.39, 0.29) is 33.9 Å². The van der Waals surface area contributed by atoms with E-state index in [0.717, 1.165) is 32.0 Å². The van der Waals surface area contributed by atoms with Crippen molar-refractivity contribution in [2.45, 2.75) is 88.8 Å². The third-order valence-corrected chi connectivity index (χ3v) is 9.39.